The quantitative estimate of drug-likeness (QED) is 0.541. The predicted molar refractivity (Wildman–Crippen MR) is 64.2 cm³/mol. The van der Waals surface area contributed by atoms with E-state index in [1.807, 2.05) is 12.2 Å². The van der Waals surface area contributed by atoms with E-state index in [0.717, 1.165) is 25.7 Å². The van der Waals surface area contributed by atoms with E-state index in [9.17, 15) is 0 Å². The summed E-state index contributed by atoms with van der Waals surface area (Å²) in [4.78, 5) is 0. The van der Waals surface area contributed by atoms with E-state index in [2.05, 4.69) is 37.5 Å². The number of hydrogen-bond donors (Lipinski definition) is 0. The third kappa shape index (κ3) is 3.21. The molecule has 0 atom stereocenters. The third-order valence-corrected chi connectivity index (χ3v) is 2.37. The van der Waals surface area contributed by atoms with Crippen LogP contribution in [-0.2, 0) is 0 Å². The zero-order chi connectivity index (χ0) is 10.2. The van der Waals surface area contributed by atoms with E-state index in [0.29, 0.717) is 0 Å². The molecule has 1 aliphatic rings. The maximum atomic E-state index is 3.76. The normalized spacial score (nSPS) is 13.3. The molecule has 0 spiro atoms. The Bertz CT molecular complexity index is 259. The molecule has 0 aromatic carbocycles. The van der Waals surface area contributed by atoms with Gasteiger partial charge in [0.1, 0.15) is 0 Å². The molecular formula is C14H18. The van der Waals surface area contributed by atoms with Crippen molar-refractivity contribution >= 4 is 0 Å². The van der Waals surface area contributed by atoms with Gasteiger partial charge in [-0.3, -0.25) is 0 Å². The van der Waals surface area contributed by atoms with Gasteiger partial charge in [0.2, 0.25) is 0 Å². The van der Waals surface area contributed by atoms with Crippen LogP contribution in [0.5, 0.6) is 0 Å². The van der Waals surface area contributed by atoms with Crippen LogP contribution < -0.4 is 0 Å². The first-order chi connectivity index (χ1) is 6.88. The van der Waals surface area contributed by atoms with E-state index in [1.54, 1.807) is 0 Å². The zero-order valence-electron chi connectivity index (χ0n) is 8.71. The second kappa shape index (κ2) is 6.20. The summed E-state index contributed by atoms with van der Waals surface area (Å²) in [6.07, 6.45) is 16.9. The van der Waals surface area contributed by atoms with Crippen LogP contribution in [0.3, 0.4) is 0 Å². The Morgan fingerprint density at radius 2 is 1.50 bits per heavy atom. The lowest BCUT2D eigenvalue weighted by atomic mass is 9.99. The summed E-state index contributed by atoms with van der Waals surface area (Å²) in [6.45, 7) is 7.52. The monoisotopic (exact) mass is 186 g/mol. The molecule has 0 aliphatic heterocycles. The van der Waals surface area contributed by atoms with Crippen LogP contribution >= 0.6 is 0 Å². The topological polar surface area (TPSA) is 0 Å². The summed E-state index contributed by atoms with van der Waals surface area (Å²) in [5, 5.41) is 0. The average molecular weight is 186 g/mol. The highest BCUT2D eigenvalue weighted by Gasteiger charge is 2.02. The predicted octanol–water partition coefficient (Wildman–Crippen LogP) is 4.34. The summed E-state index contributed by atoms with van der Waals surface area (Å²) in [5.41, 5.74) is 2.91. The molecule has 14 heavy (non-hydrogen) atoms. The number of hydrogen-bond acceptors (Lipinski definition) is 0. The molecule has 0 saturated heterocycles. The van der Waals surface area contributed by atoms with Crippen molar-refractivity contribution < 1.29 is 0 Å². The van der Waals surface area contributed by atoms with Gasteiger partial charge in [0.25, 0.3) is 0 Å². The van der Waals surface area contributed by atoms with Gasteiger partial charge in [-0.25, -0.2) is 0 Å². The highest BCUT2D eigenvalue weighted by molar-refractivity contribution is 5.43. The summed E-state index contributed by atoms with van der Waals surface area (Å²) in [7, 11) is 0. The smallest absolute Gasteiger partial charge is 0.0264 e. The molecule has 0 amide bonds. The van der Waals surface area contributed by atoms with Gasteiger partial charge in [0.15, 0.2) is 0 Å². The maximum Gasteiger partial charge on any atom is -0.0264 e. The van der Waals surface area contributed by atoms with Gasteiger partial charge in [-0.05, 0) is 31.3 Å². The summed E-state index contributed by atoms with van der Waals surface area (Å²) >= 11 is 0. The van der Waals surface area contributed by atoms with Crippen LogP contribution in [0, 0.1) is 0 Å². The second-order valence-corrected chi connectivity index (χ2v) is 3.43. The molecule has 0 heteroatoms. The van der Waals surface area contributed by atoms with E-state index in [4.69, 9.17) is 0 Å². The Labute approximate surface area is 87.0 Å². The van der Waals surface area contributed by atoms with E-state index >= 15 is 0 Å². The fraction of sp³-hybridized carbons (Fsp3) is 0.286. The highest BCUT2D eigenvalue weighted by Crippen LogP contribution is 2.22. The van der Waals surface area contributed by atoms with Crippen molar-refractivity contribution in [2.45, 2.75) is 25.7 Å². The van der Waals surface area contributed by atoms with Crippen molar-refractivity contribution in [2.24, 2.45) is 0 Å². The molecule has 0 aromatic rings. The first-order valence-corrected chi connectivity index (χ1v) is 5.17. The summed E-state index contributed by atoms with van der Waals surface area (Å²) < 4.78 is 0. The fourth-order valence-corrected chi connectivity index (χ4v) is 1.58. The largest absolute Gasteiger partial charge is 0.103 e. The van der Waals surface area contributed by atoms with Crippen molar-refractivity contribution in [1.29, 1.82) is 0 Å². The van der Waals surface area contributed by atoms with Crippen LogP contribution in [0.25, 0.3) is 0 Å². The van der Waals surface area contributed by atoms with Gasteiger partial charge in [-0.2, -0.15) is 0 Å². The molecule has 0 heterocycles. The fourth-order valence-electron chi connectivity index (χ4n) is 1.58. The van der Waals surface area contributed by atoms with Crippen LogP contribution in [0.15, 0.2) is 60.8 Å². The lowest BCUT2D eigenvalue weighted by Gasteiger charge is -2.07. The van der Waals surface area contributed by atoms with Crippen molar-refractivity contribution in [3.8, 4) is 0 Å². The second-order valence-electron chi connectivity index (χ2n) is 3.43. The lowest BCUT2D eigenvalue weighted by Crippen LogP contribution is -1.87. The minimum Gasteiger partial charge on any atom is -0.103 e. The van der Waals surface area contributed by atoms with Gasteiger partial charge >= 0.3 is 0 Å². The molecule has 1 rings (SSSR count). The molecular weight excluding hydrogens is 168 g/mol. The first kappa shape index (κ1) is 10.8. The maximum absolute atomic E-state index is 3.76. The summed E-state index contributed by atoms with van der Waals surface area (Å²) in [5.74, 6) is 0. The van der Waals surface area contributed by atoms with Crippen LogP contribution in [0.4, 0.5) is 0 Å². The van der Waals surface area contributed by atoms with Crippen molar-refractivity contribution in [3.63, 3.8) is 0 Å². The molecule has 0 radical (unpaired) electrons. The minimum absolute atomic E-state index is 1.07. The van der Waals surface area contributed by atoms with Crippen LogP contribution in [-0.4, -0.2) is 0 Å². The SMILES string of the molecule is C=CCCC(CCC=C)=C1C=CC=C1. The molecule has 0 fully saturated rings. The lowest BCUT2D eigenvalue weighted by molar-refractivity contribution is 0.859. The number of rotatable bonds is 6. The number of allylic oxidation sites excluding steroid dienone is 8. The van der Waals surface area contributed by atoms with Crippen LogP contribution in [0.1, 0.15) is 25.7 Å². The van der Waals surface area contributed by atoms with E-state index < -0.39 is 0 Å². The van der Waals surface area contributed by atoms with E-state index in [1.165, 1.54) is 11.1 Å². The molecule has 0 bridgehead atoms. The van der Waals surface area contributed by atoms with Crippen molar-refractivity contribution in [3.05, 3.63) is 60.8 Å². The molecule has 1 aliphatic carbocycles. The molecule has 0 unspecified atom stereocenters. The van der Waals surface area contributed by atoms with Gasteiger partial charge in [0.05, 0.1) is 0 Å². The molecule has 0 N–H and O–H groups in total. The minimum atomic E-state index is 1.07. The van der Waals surface area contributed by atoms with Gasteiger partial charge < -0.3 is 0 Å². The highest BCUT2D eigenvalue weighted by atomic mass is 14.1. The summed E-state index contributed by atoms with van der Waals surface area (Å²) in [6, 6.07) is 0. The molecule has 0 aromatic heterocycles. The molecule has 74 valence electrons. The Balaban J connectivity index is 2.64. The van der Waals surface area contributed by atoms with Crippen molar-refractivity contribution in [2.75, 3.05) is 0 Å². The van der Waals surface area contributed by atoms with Crippen LogP contribution in [0.2, 0.25) is 0 Å². The Kier molecular flexibility index (Phi) is 4.77. The Hall–Kier alpha value is -1.30. The molecule has 0 nitrogen and oxygen atoms in total. The Morgan fingerprint density at radius 3 is 1.93 bits per heavy atom. The average Bonchev–Trinajstić information content (AvgIpc) is 2.71. The standard InChI is InChI=1S/C14H18/c1-3-5-9-13(10-6-4-2)14-11-7-8-12-14/h3-4,7-8,11-12H,1-2,5-6,9-10H2. The van der Waals surface area contributed by atoms with Gasteiger partial charge in [0, 0.05) is 0 Å². The first-order valence-electron chi connectivity index (χ1n) is 5.17. The van der Waals surface area contributed by atoms with Crippen molar-refractivity contribution in [1.82, 2.24) is 0 Å². The molecule has 0 saturated carbocycles. The van der Waals surface area contributed by atoms with Gasteiger partial charge in [-0.1, -0.05) is 42.0 Å². The third-order valence-electron chi connectivity index (χ3n) is 2.37. The van der Waals surface area contributed by atoms with Gasteiger partial charge in [-0.15, -0.1) is 13.2 Å². The van der Waals surface area contributed by atoms with E-state index in [-0.39, 0.29) is 0 Å². The Morgan fingerprint density at radius 1 is 1.00 bits per heavy atom. The zero-order valence-corrected chi connectivity index (χ0v) is 8.71.